The van der Waals surface area contributed by atoms with Crippen molar-refractivity contribution in [1.82, 2.24) is 0 Å². The Hall–Kier alpha value is -1.11. The number of hydrogen-bond donors (Lipinski definition) is 0. The molecular weight excluding hydrogens is 244 g/mol. The van der Waals surface area contributed by atoms with E-state index in [1.54, 1.807) is 0 Å². The van der Waals surface area contributed by atoms with Gasteiger partial charge in [0.15, 0.2) is 0 Å². The molecule has 20 heavy (non-hydrogen) atoms. The molecule has 1 atom stereocenters. The highest BCUT2D eigenvalue weighted by Crippen LogP contribution is 2.26. The largest absolute Gasteiger partial charge is 0.298 e. The number of carbonyl (C=O) groups excluding carboxylic acids is 1. The molecule has 0 aliphatic carbocycles. The molecule has 0 saturated carbocycles. The third kappa shape index (κ3) is 6.36. The van der Waals surface area contributed by atoms with E-state index in [0.717, 1.165) is 11.8 Å². The topological polar surface area (TPSA) is 17.1 Å². The molecule has 0 N–H and O–H groups in total. The van der Waals surface area contributed by atoms with Crippen molar-refractivity contribution in [2.75, 3.05) is 0 Å². The van der Waals surface area contributed by atoms with Crippen molar-refractivity contribution in [3.05, 3.63) is 35.4 Å². The highest BCUT2D eigenvalue weighted by atomic mass is 16.1. The first-order valence-corrected chi connectivity index (χ1v) is 8.37. The minimum Gasteiger partial charge on any atom is -0.298 e. The molecule has 0 saturated heterocycles. The lowest BCUT2D eigenvalue weighted by molar-refractivity contribution is 0.112. The second-order valence-corrected chi connectivity index (χ2v) is 5.80. The van der Waals surface area contributed by atoms with Gasteiger partial charge in [-0.1, -0.05) is 83.1 Å². The molecule has 112 valence electrons. The Balaban J connectivity index is 2.26. The molecule has 1 aromatic carbocycles. The maximum Gasteiger partial charge on any atom is 0.150 e. The number of aldehydes is 1. The fourth-order valence-corrected chi connectivity index (χ4v) is 2.80. The first-order chi connectivity index (χ1) is 9.81. The molecule has 0 bridgehead atoms. The van der Waals surface area contributed by atoms with Gasteiger partial charge < -0.3 is 0 Å². The van der Waals surface area contributed by atoms with Crippen LogP contribution in [0.5, 0.6) is 0 Å². The van der Waals surface area contributed by atoms with E-state index < -0.39 is 0 Å². The SMILES string of the molecule is CCCCCCCCCC(CC)c1ccc(C=O)cc1. The van der Waals surface area contributed by atoms with Gasteiger partial charge in [0.2, 0.25) is 0 Å². The summed E-state index contributed by atoms with van der Waals surface area (Å²) in [4.78, 5) is 10.7. The number of hydrogen-bond acceptors (Lipinski definition) is 1. The number of rotatable bonds is 11. The van der Waals surface area contributed by atoms with Crippen LogP contribution in [0.15, 0.2) is 24.3 Å². The average Bonchev–Trinajstić information content (AvgIpc) is 2.50. The Morgan fingerprint density at radius 2 is 1.50 bits per heavy atom. The van der Waals surface area contributed by atoms with E-state index in [-0.39, 0.29) is 0 Å². The summed E-state index contributed by atoms with van der Waals surface area (Å²) in [6.45, 7) is 4.53. The Bertz CT molecular complexity index is 353. The molecule has 0 aromatic heterocycles. The molecule has 0 fully saturated rings. The highest BCUT2D eigenvalue weighted by molar-refractivity contribution is 5.74. The Kier molecular flexibility index (Phi) is 9.02. The van der Waals surface area contributed by atoms with Crippen molar-refractivity contribution in [3.63, 3.8) is 0 Å². The summed E-state index contributed by atoms with van der Waals surface area (Å²) >= 11 is 0. The quantitative estimate of drug-likeness (QED) is 0.350. The van der Waals surface area contributed by atoms with E-state index in [9.17, 15) is 4.79 Å². The second-order valence-electron chi connectivity index (χ2n) is 5.80. The van der Waals surface area contributed by atoms with Crippen LogP contribution in [0.1, 0.15) is 93.5 Å². The highest BCUT2D eigenvalue weighted by Gasteiger charge is 2.08. The molecule has 1 heteroatoms. The Morgan fingerprint density at radius 1 is 0.900 bits per heavy atom. The van der Waals surface area contributed by atoms with Crippen LogP contribution in [-0.4, -0.2) is 6.29 Å². The zero-order valence-corrected chi connectivity index (χ0v) is 13.2. The van der Waals surface area contributed by atoms with E-state index in [1.165, 1.54) is 63.4 Å². The molecule has 1 rings (SSSR count). The van der Waals surface area contributed by atoms with Crippen LogP contribution in [0.2, 0.25) is 0 Å². The lowest BCUT2D eigenvalue weighted by Gasteiger charge is -2.15. The zero-order valence-electron chi connectivity index (χ0n) is 13.2. The Morgan fingerprint density at radius 3 is 2.05 bits per heavy atom. The predicted octanol–water partition coefficient (Wildman–Crippen LogP) is 6.13. The van der Waals surface area contributed by atoms with Gasteiger partial charge in [-0.05, 0) is 24.3 Å². The van der Waals surface area contributed by atoms with Gasteiger partial charge >= 0.3 is 0 Å². The molecule has 0 radical (unpaired) electrons. The molecule has 1 nitrogen and oxygen atoms in total. The molecular formula is C19H30O. The molecule has 0 heterocycles. The van der Waals surface area contributed by atoms with Gasteiger partial charge in [-0.25, -0.2) is 0 Å². The van der Waals surface area contributed by atoms with Gasteiger partial charge in [0.25, 0.3) is 0 Å². The second kappa shape index (κ2) is 10.7. The Labute approximate surface area is 124 Å². The van der Waals surface area contributed by atoms with E-state index >= 15 is 0 Å². The molecule has 1 aromatic rings. The maximum absolute atomic E-state index is 10.7. The molecule has 0 amide bonds. The standard InChI is InChI=1S/C19H30O/c1-3-5-6-7-8-9-10-11-18(4-2)19-14-12-17(16-20)13-15-19/h12-16,18H,3-11H2,1-2H3. The van der Waals surface area contributed by atoms with Gasteiger partial charge in [-0.2, -0.15) is 0 Å². The van der Waals surface area contributed by atoms with Crippen molar-refractivity contribution in [3.8, 4) is 0 Å². The summed E-state index contributed by atoms with van der Waals surface area (Å²) < 4.78 is 0. The van der Waals surface area contributed by atoms with Crippen molar-refractivity contribution < 1.29 is 4.79 Å². The van der Waals surface area contributed by atoms with E-state index in [2.05, 4.69) is 26.0 Å². The summed E-state index contributed by atoms with van der Waals surface area (Å²) in [5.74, 6) is 0.659. The van der Waals surface area contributed by atoms with E-state index in [0.29, 0.717) is 5.92 Å². The summed E-state index contributed by atoms with van der Waals surface area (Å²) in [5, 5.41) is 0. The fourth-order valence-electron chi connectivity index (χ4n) is 2.80. The van der Waals surface area contributed by atoms with Gasteiger partial charge in [-0.15, -0.1) is 0 Å². The maximum atomic E-state index is 10.7. The minimum atomic E-state index is 0.659. The monoisotopic (exact) mass is 274 g/mol. The molecule has 0 aliphatic heterocycles. The van der Waals surface area contributed by atoms with Crippen LogP contribution < -0.4 is 0 Å². The third-order valence-corrected chi connectivity index (χ3v) is 4.19. The fraction of sp³-hybridized carbons (Fsp3) is 0.632. The van der Waals surface area contributed by atoms with Crippen molar-refractivity contribution in [1.29, 1.82) is 0 Å². The van der Waals surface area contributed by atoms with Crippen molar-refractivity contribution in [2.45, 2.75) is 77.6 Å². The van der Waals surface area contributed by atoms with Crippen LogP contribution in [0.25, 0.3) is 0 Å². The number of benzene rings is 1. The van der Waals surface area contributed by atoms with E-state index in [4.69, 9.17) is 0 Å². The third-order valence-electron chi connectivity index (χ3n) is 4.19. The average molecular weight is 274 g/mol. The summed E-state index contributed by atoms with van der Waals surface area (Å²) in [5.41, 5.74) is 2.17. The first kappa shape index (κ1) is 16.9. The van der Waals surface area contributed by atoms with Gasteiger partial charge in [0.1, 0.15) is 6.29 Å². The van der Waals surface area contributed by atoms with Crippen LogP contribution in [-0.2, 0) is 0 Å². The normalized spacial score (nSPS) is 12.3. The van der Waals surface area contributed by atoms with Gasteiger partial charge in [0, 0.05) is 5.56 Å². The lowest BCUT2D eigenvalue weighted by Crippen LogP contribution is -1.98. The number of carbonyl (C=O) groups is 1. The van der Waals surface area contributed by atoms with Gasteiger partial charge in [0.05, 0.1) is 0 Å². The van der Waals surface area contributed by atoms with Crippen LogP contribution in [0.3, 0.4) is 0 Å². The van der Waals surface area contributed by atoms with Crippen LogP contribution in [0, 0.1) is 0 Å². The molecule has 1 unspecified atom stereocenters. The van der Waals surface area contributed by atoms with Crippen molar-refractivity contribution >= 4 is 6.29 Å². The first-order valence-electron chi connectivity index (χ1n) is 8.37. The smallest absolute Gasteiger partial charge is 0.150 e. The van der Waals surface area contributed by atoms with Gasteiger partial charge in [-0.3, -0.25) is 4.79 Å². The van der Waals surface area contributed by atoms with Crippen molar-refractivity contribution in [2.24, 2.45) is 0 Å². The summed E-state index contributed by atoms with van der Waals surface area (Å²) in [6, 6.07) is 8.13. The zero-order chi connectivity index (χ0) is 14.6. The molecule has 0 spiro atoms. The minimum absolute atomic E-state index is 0.659. The van der Waals surface area contributed by atoms with Crippen LogP contribution in [0.4, 0.5) is 0 Å². The lowest BCUT2D eigenvalue weighted by atomic mass is 9.90. The van der Waals surface area contributed by atoms with Crippen LogP contribution >= 0.6 is 0 Å². The predicted molar refractivity (Wildman–Crippen MR) is 87.5 cm³/mol. The summed E-state index contributed by atoms with van der Waals surface area (Å²) in [7, 11) is 0. The summed E-state index contributed by atoms with van der Waals surface area (Å²) in [6.07, 6.45) is 13.0. The number of unbranched alkanes of at least 4 members (excludes halogenated alkanes) is 6. The molecule has 0 aliphatic rings. The van der Waals surface area contributed by atoms with E-state index in [1.807, 2.05) is 12.1 Å².